The molecule has 1 aromatic carbocycles. The lowest BCUT2D eigenvalue weighted by Gasteiger charge is -1.98. The number of aryl methyl sites for hydroxylation is 2. The molecule has 0 unspecified atom stereocenters. The van der Waals surface area contributed by atoms with Gasteiger partial charge in [0.2, 0.25) is 6.79 Å². The molecule has 29 heavy (non-hydrogen) atoms. The summed E-state index contributed by atoms with van der Waals surface area (Å²) in [5.74, 6) is 2.10. The second-order valence-electron chi connectivity index (χ2n) is 7.22. The quantitative estimate of drug-likeness (QED) is 0.485. The molecule has 0 atom stereocenters. The number of aromatic nitrogens is 6. The molecule has 9 heteroatoms. The average Bonchev–Trinajstić information content (AvgIpc) is 3.54. The van der Waals surface area contributed by atoms with E-state index in [2.05, 4.69) is 20.3 Å². The van der Waals surface area contributed by atoms with Crippen LogP contribution in [0.3, 0.4) is 0 Å². The lowest BCUT2D eigenvalue weighted by molar-refractivity contribution is 0.174. The van der Waals surface area contributed by atoms with Gasteiger partial charge in [0.05, 0.1) is 11.1 Å². The van der Waals surface area contributed by atoms with Gasteiger partial charge >= 0.3 is 0 Å². The normalized spacial score (nSPS) is 14.9. The van der Waals surface area contributed by atoms with E-state index >= 15 is 0 Å². The van der Waals surface area contributed by atoms with Crippen LogP contribution in [0.5, 0.6) is 11.5 Å². The number of hydrogen-bond donors (Lipinski definition) is 1. The molecule has 0 radical (unpaired) electrons. The van der Waals surface area contributed by atoms with Crippen LogP contribution < -0.4 is 9.47 Å². The largest absolute Gasteiger partial charge is 0.454 e. The maximum absolute atomic E-state index is 5.47. The third-order valence-electron chi connectivity index (χ3n) is 5.53. The van der Waals surface area contributed by atoms with Crippen LogP contribution in [0.1, 0.15) is 16.9 Å². The predicted octanol–water partition coefficient (Wildman–Crippen LogP) is 3.61. The fraction of sp³-hybridized carbons (Fsp3) is 0.200. The van der Waals surface area contributed by atoms with E-state index in [9.17, 15) is 0 Å². The van der Waals surface area contributed by atoms with Gasteiger partial charge in [-0.1, -0.05) is 0 Å². The van der Waals surface area contributed by atoms with Crippen molar-refractivity contribution in [3.05, 3.63) is 41.0 Å². The van der Waals surface area contributed by atoms with Crippen LogP contribution in [0, 0.1) is 0 Å². The number of benzene rings is 1. The van der Waals surface area contributed by atoms with Crippen LogP contribution in [-0.2, 0) is 12.8 Å². The number of aromatic amines is 1. The molecule has 2 aliphatic rings. The highest BCUT2D eigenvalue weighted by Crippen LogP contribution is 2.39. The van der Waals surface area contributed by atoms with Gasteiger partial charge in [-0.3, -0.25) is 5.10 Å². The molecule has 5 aromatic rings. The molecular formula is C20H14N6O2S. The Morgan fingerprint density at radius 2 is 2.07 bits per heavy atom. The summed E-state index contributed by atoms with van der Waals surface area (Å²) in [4.78, 5) is 11.9. The first-order chi connectivity index (χ1) is 14.3. The monoisotopic (exact) mass is 402 g/mol. The zero-order valence-corrected chi connectivity index (χ0v) is 16.0. The lowest BCUT2D eigenvalue weighted by Crippen LogP contribution is -1.92. The Balaban J connectivity index is 1.34. The smallest absolute Gasteiger partial charge is 0.231 e. The van der Waals surface area contributed by atoms with Crippen LogP contribution in [0.2, 0.25) is 0 Å². The van der Waals surface area contributed by atoms with Gasteiger partial charge in [0.15, 0.2) is 23.0 Å². The molecule has 0 saturated carbocycles. The van der Waals surface area contributed by atoms with Crippen molar-refractivity contribution in [1.29, 1.82) is 0 Å². The first-order valence-electron chi connectivity index (χ1n) is 9.45. The number of rotatable bonds is 2. The SMILES string of the molecule is c1cc2c(cc1-c1cc(-c3nc4c5c6c(sc5ncn4n3)CCC6)[nH]n1)OCO2. The third kappa shape index (κ3) is 2.18. The molecule has 0 saturated heterocycles. The third-order valence-corrected chi connectivity index (χ3v) is 6.73. The number of nitrogens with zero attached hydrogens (tertiary/aromatic N) is 5. The van der Waals surface area contributed by atoms with Crippen molar-refractivity contribution in [2.24, 2.45) is 0 Å². The molecule has 5 heterocycles. The number of H-pyrrole nitrogens is 1. The number of ether oxygens (including phenoxy) is 2. The van der Waals surface area contributed by atoms with E-state index in [1.165, 1.54) is 16.9 Å². The molecule has 7 rings (SSSR count). The Bertz CT molecular complexity index is 1430. The summed E-state index contributed by atoms with van der Waals surface area (Å²) >= 11 is 1.78. The highest BCUT2D eigenvalue weighted by Gasteiger charge is 2.22. The molecule has 142 valence electrons. The fourth-order valence-corrected chi connectivity index (χ4v) is 5.37. The van der Waals surface area contributed by atoms with Gasteiger partial charge in [0, 0.05) is 10.4 Å². The van der Waals surface area contributed by atoms with E-state index in [1.807, 2.05) is 24.3 Å². The fourth-order valence-electron chi connectivity index (χ4n) is 4.15. The van der Waals surface area contributed by atoms with Crippen molar-refractivity contribution in [1.82, 2.24) is 29.8 Å². The van der Waals surface area contributed by atoms with E-state index in [1.54, 1.807) is 22.2 Å². The molecule has 8 nitrogen and oxygen atoms in total. The maximum Gasteiger partial charge on any atom is 0.231 e. The molecule has 0 fully saturated rings. The number of fused-ring (bicyclic) bond motifs is 6. The van der Waals surface area contributed by atoms with Gasteiger partial charge in [0.1, 0.15) is 16.9 Å². The van der Waals surface area contributed by atoms with Crippen LogP contribution >= 0.6 is 11.3 Å². The summed E-state index contributed by atoms with van der Waals surface area (Å²) in [6, 6.07) is 7.75. The van der Waals surface area contributed by atoms with Gasteiger partial charge in [-0.05, 0) is 49.1 Å². The number of hydrogen-bond acceptors (Lipinski definition) is 7. The van der Waals surface area contributed by atoms with E-state index < -0.39 is 0 Å². The highest BCUT2D eigenvalue weighted by atomic mass is 32.1. The second-order valence-corrected chi connectivity index (χ2v) is 8.30. The predicted molar refractivity (Wildman–Crippen MR) is 107 cm³/mol. The Morgan fingerprint density at radius 3 is 3.07 bits per heavy atom. The Kier molecular flexibility index (Phi) is 2.95. The number of thiophene rings is 1. The van der Waals surface area contributed by atoms with E-state index in [-0.39, 0.29) is 6.79 Å². The molecular weight excluding hydrogens is 388 g/mol. The van der Waals surface area contributed by atoms with Crippen molar-refractivity contribution >= 4 is 27.2 Å². The Hall–Kier alpha value is -3.46. The molecule has 1 aliphatic heterocycles. The standard InChI is InChI=1S/C20H14N6O2S/c1-2-11-16(3-1)29-20-17(11)19-22-18(25-26(19)8-21-20)13-7-12(23-24-13)10-4-5-14-15(6-10)28-9-27-14/h4-8H,1-3,9H2,(H,23,24). The van der Waals surface area contributed by atoms with Crippen molar-refractivity contribution < 1.29 is 9.47 Å². The molecule has 1 aliphatic carbocycles. The average molecular weight is 402 g/mol. The zero-order valence-electron chi connectivity index (χ0n) is 15.2. The highest BCUT2D eigenvalue weighted by molar-refractivity contribution is 7.19. The van der Waals surface area contributed by atoms with Gasteiger partial charge in [-0.15, -0.1) is 16.4 Å². The summed E-state index contributed by atoms with van der Waals surface area (Å²) in [6.07, 6.45) is 5.19. The van der Waals surface area contributed by atoms with E-state index in [0.717, 1.165) is 57.2 Å². The lowest BCUT2D eigenvalue weighted by atomic mass is 10.1. The minimum atomic E-state index is 0.255. The van der Waals surface area contributed by atoms with Gasteiger partial charge in [-0.25, -0.2) is 14.5 Å². The molecule has 0 spiro atoms. The van der Waals surface area contributed by atoms with E-state index in [0.29, 0.717) is 5.82 Å². The van der Waals surface area contributed by atoms with Crippen molar-refractivity contribution in [2.45, 2.75) is 19.3 Å². The van der Waals surface area contributed by atoms with Crippen molar-refractivity contribution in [3.63, 3.8) is 0 Å². The van der Waals surface area contributed by atoms with Crippen LogP contribution in [0.15, 0.2) is 30.6 Å². The minimum absolute atomic E-state index is 0.255. The van der Waals surface area contributed by atoms with Crippen LogP contribution in [0.4, 0.5) is 0 Å². The second kappa shape index (κ2) is 5.54. The summed E-state index contributed by atoms with van der Waals surface area (Å²) in [5.41, 5.74) is 4.77. The summed E-state index contributed by atoms with van der Waals surface area (Å²) in [7, 11) is 0. The van der Waals surface area contributed by atoms with Gasteiger partial charge in [0.25, 0.3) is 0 Å². The van der Waals surface area contributed by atoms with Gasteiger partial charge < -0.3 is 9.47 Å². The maximum atomic E-state index is 5.47. The molecule has 1 N–H and O–H groups in total. The van der Waals surface area contributed by atoms with Crippen molar-refractivity contribution in [2.75, 3.05) is 6.79 Å². The van der Waals surface area contributed by atoms with Crippen LogP contribution in [0.25, 0.3) is 38.6 Å². The van der Waals surface area contributed by atoms with E-state index in [4.69, 9.17) is 14.5 Å². The first kappa shape index (κ1) is 15.5. The minimum Gasteiger partial charge on any atom is -0.454 e. The summed E-state index contributed by atoms with van der Waals surface area (Å²) in [6.45, 7) is 0.255. The summed E-state index contributed by atoms with van der Waals surface area (Å²) in [5, 5.41) is 13.3. The molecule has 0 bridgehead atoms. The van der Waals surface area contributed by atoms with Gasteiger partial charge in [-0.2, -0.15) is 5.10 Å². The summed E-state index contributed by atoms with van der Waals surface area (Å²) < 4.78 is 12.6. The topological polar surface area (TPSA) is 90.2 Å². The Labute approximate surface area is 168 Å². The van der Waals surface area contributed by atoms with Crippen molar-refractivity contribution in [3.8, 4) is 34.3 Å². The molecule has 0 amide bonds. The van der Waals surface area contributed by atoms with Crippen LogP contribution in [-0.4, -0.2) is 36.6 Å². The Morgan fingerprint density at radius 1 is 1.10 bits per heavy atom. The number of nitrogens with one attached hydrogen (secondary N) is 1. The first-order valence-corrected chi connectivity index (χ1v) is 10.3. The zero-order chi connectivity index (χ0) is 18.9. The molecule has 4 aromatic heterocycles.